The molecule has 0 aromatic heterocycles. The van der Waals surface area contributed by atoms with Gasteiger partial charge in [0.2, 0.25) is 0 Å². The van der Waals surface area contributed by atoms with Gasteiger partial charge < -0.3 is 14.7 Å². The number of halogens is 3. The van der Waals surface area contributed by atoms with Crippen LogP contribution >= 0.6 is 0 Å². The lowest BCUT2D eigenvalue weighted by molar-refractivity contribution is -0.155. The summed E-state index contributed by atoms with van der Waals surface area (Å²) < 4.78 is 44.3. The Labute approximate surface area is 143 Å². The number of aliphatic carboxylic acids is 1. The molecule has 138 valence electrons. The maximum absolute atomic E-state index is 13.0. The predicted molar refractivity (Wildman–Crippen MR) is 83.1 cm³/mol. The van der Waals surface area contributed by atoms with Crippen LogP contribution in [0.2, 0.25) is 0 Å². The summed E-state index contributed by atoms with van der Waals surface area (Å²) in [4.78, 5) is 25.2. The van der Waals surface area contributed by atoms with Gasteiger partial charge in [-0.3, -0.25) is 9.59 Å². The highest BCUT2D eigenvalue weighted by atomic mass is 19.4. The van der Waals surface area contributed by atoms with Crippen molar-refractivity contribution in [2.75, 3.05) is 13.1 Å². The van der Waals surface area contributed by atoms with E-state index in [0.29, 0.717) is 19.4 Å². The van der Waals surface area contributed by atoms with Crippen molar-refractivity contribution in [2.24, 2.45) is 5.41 Å². The molecule has 1 aliphatic heterocycles. The number of alkyl halides is 3. The average Bonchev–Trinajstić information content (AvgIpc) is 2.53. The summed E-state index contributed by atoms with van der Waals surface area (Å²) in [6, 6.07) is 4.67. The van der Waals surface area contributed by atoms with Gasteiger partial charge in [-0.25, -0.2) is 0 Å². The molecule has 1 aromatic rings. The standard InChI is InChI=1S/C17H20F3NO4/c1-11(25-13-7-4-3-6-12(13)17(18,19)20)14(22)21-9-5-8-16(2,10-21)15(23)24/h3-4,6-7,11H,5,8-10H2,1-2H3,(H,23,24). The fourth-order valence-electron chi connectivity index (χ4n) is 2.90. The first-order chi connectivity index (χ1) is 11.5. The van der Waals surface area contributed by atoms with Gasteiger partial charge in [0.25, 0.3) is 5.91 Å². The zero-order chi connectivity index (χ0) is 18.8. The highest BCUT2D eigenvalue weighted by Gasteiger charge is 2.41. The minimum absolute atomic E-state index is 0.00971. The van der Waals surface area contributed by atoms with E-state index < -0.39 is 40.9 Å². The summed E-state index contributed by atoms with van der Waals surface area (Å²) in [7, 11) is 0. The van der Waals surface area contributed by atoms with Gasteiger partial charge in [-0.1, -0.05) is 12.1 Å². The molecule has 1 aliphatic rings. The third-order valence-electron chi connectivity index (χ3n) is 4.37. The molecular weight excluding hydrogens is 339 g/mol. The van der Waals surface area contributed by atoms with E-state index in [2.05, 4.69) is 0 Å². The molecule has 25 heavy (non-hydrogen) atoms. The van der Waals surface area contributed by atoms with Crippen LogP contribution in [-0.2, 0) is 15.8 Å². The average molecular weight is 359 g/mol. The van der Waals surface area contributed by atoms with Crippen molar-refractivity contribution >= 4 is 11.9 Å². The molecule has 5 nitrogen and oxygen atoms in total. The Morgan fingerprint density at radius 2 is 1.96 bits per heavy atom. The second kappa shape index (κ2) is 6.93. The maximum Gasteiger partial charge on any atom is 0.419 e. The molecule has 2 atom stereocenters. The van der Waals surface area contributed by atoms with Gasteiger partial charge in [0, 0.05) is 13.1 Å². The van der Waals surface area contributed by atoms with E-state index in [1.807, 2.05) is 0 Å². The number of carbonyl (C=O) groups excluding carboxylic acids is 1. The topological polar surface area (TPSA) is 66.8 Å². The van der Waals surface area contributed by atoms with E-state index in [1.165, 1.54) is 24.0 Å². The van der Waals surface area contributed by atoms with Crippen LogP contribution in [0.15, 0.2) is 24.3 Å². The van der Waals surface area contributed by atoms with Crippen molar-refractivity contribution in [2.45, 2.75) is 39.0 Å². The van der Waals surface area contributed by atoms with E-state index in [0.717, 1.165) is 12.1 Å². The molecule has 1 aromatic carbocycles. The van der Waals surface area contributed by atoms with Gasteiger partial charge >= 0.3 is 12.1 Å². The summed E-state index contributed by atoms with van der Waals surface area (Å²) in [5, 5.41) is 9.30. The lowest BCUT2D eigenvalue weighted by Gasteiger charge is -2.38. The van der Waals surface area contributed by atoms with Crippen LogP contribution < -0.4 is 4.74 Å². The van der Waals surface area contributed by atoms with Crippen molar-refractivity contribution < 1.29 is 32.6 Å². The molecule has 1 amide bonds. The van der Waals surface area contributed by atoms with Crippen molar-refractivity contribution in [3.8, 4) is 5.75 Å². The summed E-state index contributed by atoms with van der Waals surface area (Å²) in [6.45, 7) is 3.29. The highest BCUT2D eigenvalue weighted by molar-refractivity contribution is 5.82. The Morgan fingerprint density at radius 1 is 1.32 bits per heavy atom. The lowest BCUT2D eigenvalue weighted by atomic mass is 9.82. The van der Waals surface area contributed by atoms with Crippen LogP contribution in [0.5, 0.6) is 5.75 Å². The Kier molecular flexibility index (Phi) is 5.29. The van der Waals surface area contributed by atoms with Crippen molar-refractivity contribution in [3.05, 3.63) is 29.8 Å². The van der Waals surface area contributed by atoms with Crippen LogP contribution in [0.1, 0.15) is 32.3 Å². The SMILES string of the molecule is CC(Oc1ccccc1C(F)(F)F)C(=O)N1CCCC(C)(C(=O)O)C1. The van der Waals surface area contributed by atoms with E-state index in [9.17, 15) is 27.9 Å². The van der Waals surface area contributed by atoms with Crippen molar-refractivity contribution in [1.29, 1.82) is 0 Å². The number of piperidine rings is 1. The third-order valence-corrected chi connectivity index (χ3v) is 4.37. The first-order valence-electron chi connectivity index (χ1n) is 7.90. The molecule has 2 unspecified atom stereocenters. The number of hydrogen-bond donors (Lipinski definition) is 1. The van der Waals surface area contributed by atoms with Gasteiger partial charge in [-0.15, -0.1) is 0 Å². The number of ether oxygens (including phenoxy) is 1. The van der Waals surface area contributed by atoms with E-state index in [-0.39, 0.29) is 6.54 Å². The zero-order valence-electron chi connectivity index (χ0n) is 14.0. The number of amides is 1. The Bertz CT molecular complexity index is 662. The molecule has 0 bridgehead atoms. The van der Waals surface area contributed by atoms with Crippen LogP contribution in [0.25, 0.3) is 0 Å². The van der Waals surface area contributed by atoms with Crippen molar-refractivity contribution in [1.82, 2.24) is 4.90 Å². The van der Waals surface area contributed by atoms with Crippen molar-refractivity contribution in [3.63, 3.8) is 0 Å². The normalized spacial score (nSPS) is 22.4. The number of hydrogen-bond acceptors (Lipinski definition) is 3. The Hall–Kier alpha value is -2.25. The van der Waals surface area contributed by atoms with Crippen LogP contribution in [-0.4, -0.2) is 41.1 Å². The van der Waals surface area contributed by atoms with Gasteiger partial charge in [0.15, 0.2) is 6.10 Å². The number of para-hydroxylation sites is 1. The number of carbonyl (C=O) groups is 2. The van der Waals surface area contributed by atoms with E-state index in [1.54, 1.807) is 6.92 Å². The van der Waals surface area contributed by atoms with E-state index >= 15 is 0 Å². The molecule has 2 rings (SSSR count). The molecule has 1 saturated heterocycles. The maximum atomic E-state index is 13.0. The number of benzene rings is 1. The monoisotopic (exact) mass is 359 g/mol. The molecule has 8 heteroatoms. The second-order valence-electron chi connectivity index (χ2n) is 6.48. The number of rotatable bonds is 4. The number of likely N-dealkylation sites (tertiary alicyclic amines) is 1. The first kappa shape index (κ1) is 19.1. The van der Waals surface area contributed by atoms with Crippen LogP contribution in [0.3, 0.4) is 0 Å². The van der Waals surface area contributed by atoms with Gasteiger partial charge in [0.05, 0.1) is 11.0 Å². The summed E-state index contributed by atoms with van der Waals surface area (Å²) in [6.07, 6.45) is -4.79. The molecule has 0 aliphatic carbocycles. The molecule has 0 spiro atoms. The number of nitrogens with zero attached hydrogens (tertiary/aromatic N) is 1. The minimum atomic E-state index is -4.59. The fourth-order valence-corrected chi connectivity index (χ4v) is 2.90. The molecule has 0 radical (unpaired) electrons. The highest BCUT2D eigenvalue weighted by Crippen LogP contribution is 2.36. The number of carboxylic acid groups (broad SMARTS) is 1. The van der Waals surface area contributed by atoms with Crippen LogP contribution in [0, 0.1) is 5.41 Å². The van der Waals surface area contributed by atoms with Crippen LogP contribution in [0.4, 0.5) is 13.2 Å². The second-order valence-corrected chi connectivity index (χ2v) is 6.48. The molecule has 1 N–H and O–H groups in total. The quantitative estimate of drug-likeness (QED) is 0.897. The Balaban J connectivity index is 2.13. The summed E-state index contributed by atoms with van der Waals surface area (Å²) in [5.74, 6) is -1.95. The summed E-state index contributed by atoms with van der Waals surface area (Å²) >= 11 is 0. The first-order valence-corrected chi connectivity index (χ1v) is 7.90. The fraction of sp³-hybridized carbons (Fsp3) is 0.529. The largest absolute Gasteiger partial charge is 0.481 e. The zero-order valence-corrected chi connectivity index (χ0v) is 14.0. The molecule has 1 heterocycles. The smallest absolute Gasteiger partial charge is 0.419 e. The number of carboxylic acids is 1. The summed E-state index contributed by atoms with van der Waals surface area (Å²) in [5.41, 5.74) is -2.01. The van der Waals surface area contributed by atoms with Gasteiger partial charge in [0.1, 0.15) is 5.75 Å². The minimum Gasteiger partial charge on any atom is -0.481 e. The molecular formula is C17H20F3NO4. The van der Waals surface area contributed by atoms with Gasteiger partial charge in [-0.05, 0) is 38.8 Å². The molecule has 0 saturated carbocycles. The predicted octanol–water partition coefficient (Wildman–Crippen LogP) is 3.19. The van der Waals surface area contributed by atoms with E-state index in [4.69, 9.17) is 4.74 Å². The molecule has 1 fully saturated rings. The third kappa shape index (κ3) is 4.24. The Morgan fingerprint density at radius 3 is 2.56 bits per heavy atom. The van der Waals surface area contributed by atoms with Gasteiger partial charge in [-0.2, -0.15) is 13.2 Å². The lowest BCUT2D eigenvalue weighted by Crippen LogP contribution is -2.51.